The van der Waals surface area contributed by atoms with Crippen LogP contribution in [0.1, 0.15) is 70.1 Å². The molecule has 1 aromatic rings. The van der Waals surface area contributed by atoms with Gasteiger partial charge in [0.15, 0.2) is 0 Å². The molecule has 3 nitrogen and oxygen atoms in total. The van der Waals surface area contributed by atoms with Crippen molar-refractivity contribution in [3.05, 3.63) is 17.8 Å². The lowest BCUT2D eigenvalue weighted by atomic mass is 10.1. The van der Waals surface area contributed by atoms with E-state index in [-0.39, 0.29) is 6.04 Å². The molecule has 0 aromatic carbocycles. The van der Waals surface area contributed by atoms with Crippen molar-refractivity contribution < 1.29 is 4.42 Å². The van der Waals surface area contributed by atoms with Gasteiger partial charge in [-0.15, -0.1) is 0 Å². The highest BCUT2D eigenvalue weighted by Gasteiger charge is 2.09. The first-order chi connectivity index (χ1) is 8.24. The smallest absolute Gasteiger partial charge is 0.211 e. The first-order valence-corrected chi connectivity index (χ1v) is 6.89. The minimum atomic E-state index is 0.222. The first kappa shape index (κ1) is 14.2. The van der Waals surface area contributed by atoms with Crippen LogP contribution in [0.4, 0.5) is 0 Å². The van der Waals surface area contributed by atoms with Crippen LogP contribution in [0.3, 0.4) is 0 Å². The summed E-state index contributed by atoms with van der Waals surface area (Å²) in [6, 6.07) is 0.222. The summed E-state index contributed by atoms with van der Waals surface area (Å²) in [7, 11) is 0. The van der Waals surface area contributed by atoms with Gasteiger partial charge in [0.25, 0.3) is 0 Å². The van der Waals surface area contributed by atoms with Crippen molar-refractivity contribution in [1.29, 1.82) is 0 Å². The Morgan fingerprint density at radius 2 is 1.94 bits per heavy atom. The summed E-state index contributed by atoms with van der Waals surface area (Å²) in [5.41, 5.74) is 0. The number of oxazole rings is 1. The van der Waals surface area contributed by atoms with Crippen molar-refractivity contribution in [3.63, 3.8) is 0 Å². The third-order valence-corrected chi connectivity index (χ3v) is 2.99. The first-order valence-electron chi connectivity index (χ1n) is 6.89. The molecule has 98 valence electrons. The number of aromatic nitrogens is 1. The summed E-state index contributed by atoms with van der Waals surface area (Å²) in [6.07, 6.45) is 9.78. The molecule has 0 saturated carbocycles. The van der Waals surface area contributed by atoms with E-state index in [0.29, 0.717) is 0 Å². The van der Waals surface area contributed by atoms with E-state index in [1.807, 2.05) is 6.92 Å². The molecule has 0 spiro atoms. The number of unbranched alkanes of at least 4 members (excludes halogenated alkanes) is 5. The molecule has 1 atom stereocenters. The molecule has 0 amide bonds. The normalized spacial score (nSPS) is 12.9. The highest BCUT2D eigenvalue weighted by atomic mass is 16.4. The fourth-order valence-corrected chi connectivity index (χ4v) is 1.88. The molecule has 0 bridgehead atoms. The molecule has 0 radical (unpaired) electrons. The van der Waals surface area contributed by atoms with E-state index in [0.717, 1.165) is 18.2 Å². The minimum Gasteiger partial charge on any atom is -0.444 e. The zero-order valence-corrected chi connectivity index (χ0v) is 11.5. The van der Waals surface area contributed by atoms with Crippen molar-refractivity contribution in [2.45, 2.75) is 65.3 Å². The topological polar surface area (TPSA) is 38.1 Å². The second-order valence-corrected chi connectivity index (χ2v) is 4.75. The maximum atomic E-state index is 5.48. The van der Waals surface area contributed by atoms with Gasteiger partial charge in [-0.2, -0.15) is 0 Å². The molecular formula is C14H26N2O. The lowest BCUT2D eigenvalue weighted by Crippen LogP contribution is -2.20. The second-order valence-electron chi connectivity index (χ2n) is 4.75. The van der Waals surface area contributed by atoms with E-state index in [1.54, 1.807) is 6.20 Å². The predicted octanol–water partition coefficient (Wildman–Crippen LogP) is 3.99. The number of hydrogen-bond acceptors (Lipinski definition) is 3. The van der Waals surface area contributed by atoms with Crippen LogP contribution in [-0.2, 0) is 0 Å². The molecule has 0 saturated heterocycles. The molecule has 1 unspecified atom stereocenters. The zero-order valence-electron chi connectivity index (χ0n) is 11.5. The number of nitrogens with one attached hydrogen (secondary N) is 1. The largest absolute Gasteiger partial charge is 0.444 e. The van der Waals surface area contributed by atoms with Crippen molar-refractivity contribution in [2.24, 2.45) is 0 Å². The van der Waals surface area contributed by atoms with E-state index >= 15 is 0 Å². The number of aryl methyl sites for hydroxylation is 1. The average Bonchev–Trinajstić information content (AvgIpc) is 2.74. The molecule has 0 aliphatic rings. The van der Waals surface area contributed by atoms with Gasteiger partial charge in [0.2, 0.25) is 5.89 Å². The lowest BCUT2D eigenvalue weighted by Gasteiger charge is -2.09. The molecule has 0 aliphatic heterocycles. The van der Waals surface area contributed by atoms with Crippen molar-refractivity contribution >= 4 is 0 Å². The van der Waals surface area contributed by atoms with E-state index < -0.39 is 0 Å². The summed E-state index contributed by atoms with van der Waals surface area (Å²) in [6.45, 7) is 7.33. The van der Waals surface area contributed by atoms with Crippen molar-refractivity contribution in [3.8, 4) is 0 Å². The molecule has 1 heterocycles. The van der Waals surface area contributed by atoms with E-state index in [2.05, 4.69) is 24.1 Å². The molecule has 1 rings (SSSR count). The third-order valence-electron chi connectivity index (χ3n) is 2.99. The Morgan fingerprint density at radius 1 is 1.24 bits per heavy atom. The Hall–Kier alpha value is -0.830. The third kappa shape index (κ3) is 5.87. The van der Waals surface area contributed by atoms with Crippen molar-refractivity contribution in [2.75, 3.05) is 6.54 Å². The zero-order chi connectivity index (χ0) is 12.5. The summed E-state index contributed by atoms with van der Waals surface area (Å²) >= 11 is 0. The monoisotopic (exact) mass is 238 g/mol. The van der Waals surface area contributed by atoms with Crippen LogP contribution in [-0.4, -0.2) is 11.5 Å². The molecule has 0 aliphatic carbocycles. The Kier molecular flexibility index (Phi) is 6.94. The van der Waals surface area contributed by atoms with Crippen LogP contribution in [0.25, 0.3) is 0 Å². The summed E-state index contributed by atoms with van der Waals surface area (Å²) in [5.74, 6) is 1.68. The van der Waals surface area contributed by atoms with Gasteiger partial charge in [-0.25, -0.2) is 4.98 Å². The summed E-state index contributed by atoms with van der Waals surface area (Å²) in [4.78, 5) is 4.23. The number of nitrogens with zero attached hydrogens (tertiary/aromatic N) is 1. The summed E-state index contributed by atoms with van der Waals surface area (Å²) in [5, 5.41) is 3.45. The van der Waals surface area contributed by atoms with Crippen LogP contribution in [0.5, 0.6) is 0 Å². The van der Waals surface area contributed by atoms with Gasteiger partial charge in [-0.1, -0.05) is 39.0 Å². The number of hydrogen-bond donors (Lipinski definition) is 1. The van der Waals surface area contributed by atoms with Gasteiger partial charge in [-0.05, 0) is 26.8 Å². The van der Waals surface area contributed by atoms with Gasteiger partial charge in [-0.3, -0.25) is 0 Å². The van der Waals surface area contributed by atoms with Gasteiger partial charge in [0.05, 0.1) is 12.2 Å². The fraction of sp³-hybridized carbons (Fsp3) is 0.786. The van der Waals surface area contributed by atoms with Crippen LogP contribution in [0, 0.1) is 6.92 Å². The van der Waals surface area contributed by atoms with E-state index in [9.17, 15) is 0 Å². The molecule has 3 heteroatoms. The van der Waals surface area contributed by atoms with Gasteiger partial charge in [0, 0.05) is 0 Å². The Balaban J connectivity index is 2.03. The van der Waals surface area contributed by atoms with Crippen LogP contribution in [0.2, 0.25) is 0 Å². The maximum absolute atomic E-state index is 5.48. The van der Waals surface area contributed by atoms with Crippen LogP contribution in [0.15, 0.2) is 10.6 Å². The highest BCUT2D eigenvalue weighted by molar-refractivity contribution is 4.94. The Bertz CT molecular complexity index is 296. The Morgan fingerprint density at radius 3 is 2.59 bits per heavy atom. The molecule has 1 N–H and O–H groups in total. The van der Waals surface area contributed by atoms with Crippen LogP contribution >= 0.6 is 0 Å². The quantitative estimate of drug-likeness (QED) is 0.661. The minimum absolute atomic E-state index is 0.222. The summed E-state index contributed by atoms with van der Waals surface area (Å²) < 4.78 is 5.48. The molecule has 0 fully saturated rings. The maximum Gasteiger partial charge on any atom is 0.211 e. The Labute approximate surface area is 105 Å². The second kappa shape index (κ2) is 8.29. The molecule has 1 aromatic heterocycles. The van der Waals surface area contributed by atoms with Crippen LogP contribution < -0.4 is 5.32 Å². The van der Waals surface area contributed by atoms with Gasteiger partial charge < -0.3 is 9.73 Å². The average molecular weight is 238 g/mol. The molecular weight excluding hydrogens is 212 g/mol. The molecule has 17 heavy (non-hydrogen) atoms. The number of rotatable bonds is 9. The SMILES string of the molecule is CCCCCCCCNC(C)c1ncc(C)o1. The van der Waals surface area contributed by atoms with Gasteiger partial charge in [0.1, 0.15) is 5.76 Å². The van der Waals surface area contributed by atoms with E-state index in [1.165, 1.54) is 38.5 Å². The van der Waals surface area contributed by atoms with Crippen molar-refractivity contribution in [1.82, 2.24) is 10.3 Å². The lowest BCUT2D eigenvalue weighted by molar-refractivity contribution is 0.399. The standard InChI is InChI=1S/C14H26N2O/c1-4-5-6-7-8-9-10-15-13(3)14-16-11-12(2)17-14/h11,13,15H,4-10H2,1-3H3. The highest BCUT2D eigenvalue weighted by Crippen LogP contribution is 2.12. The predicted molar refractivity (Wildman–Crippen MR) is 71.0 cm³/mol. The van der Waals surface area contributed by atoms with Gasteiger partial charge >= 0.3 is 0 Å². The van der Waals surface area contributed by atoms with E-state index in [4.69, 9.17) is 4.42 Å². The fourth-order valence-electron chi connectivity index (χ4n) is 1.88.